The van der Waals surface area contributed by atoms with Crippen LogP contribution in [-0.4, -0.2) is 46.9 Å². The predicted octanol–water partition coefficient (Wildman–Crippen LogP) is 0.334. The van der Waals surface area contributed by atoms with Crippen LogP contribution in [0.5, 0.6) is 0 Å². The number of carbonyl (C=O) groups is 1. The molecule has 1 rings (SSSR count). The maximum Gasteiger partial charge on any atom is 0.309 e. The summed E-state index contributed by atoms with van der Waals surface area (Å²) in [5.41, 5.74) is 1.16. The molecule has 7 heteroatoms. The first-order valence-corrected chi connectivity index (χ1v) is 5.69. The molecule has 1 unspecified atom stereocenters. The summed E-state index contributed by atoms with van der Waals surface area (Å²) in [6.07, 6.45) is -0.142. The topological polar surface area (TPSA) is 86.5 Å². The van der Waals surface area contributed by atoms with Gasteiger partial charge >= 0.3 is 5.97 Å². The Balaban J connectivity index is 2.83. The van der Waals surface area contributed by atoms with Crippen LogP contribution >= 0.6 is 0 Å². The van der Waals surface area contributed by atoms with E-state index in [4.69, 9.17) is 14.6 Å². The first-order valence-electron chi connectivity index (χ1n) is 5.69. The van der Waals surface area contributed by atoms with Gasteiger partial charge in [0, 0.05) is 20.8 Å². The Labute approximate surface area is 106 Å². The Morgan fingerprint density at radius 1 is 1.44 bits per heavy atom. The van der Waals surface area contributed by atoms with Crippen molar-refractivity contribution in [2.24, 2.45) is 5.92 Å². The third kappa shape index (κ3) is 4.08. The number of ether oxygens (including phenoxy) is 2. The first kappa shape index (κ1) is 14.6. The number of methoxy groups -OCH3 is 2. The summed E-state index contributed by atoms with van der Waals surface area (Å²) in [4.78, 5) is 10.7. The predicted molar refractivity (Wildman–Crippen MR) is 63.1 cm³/mol. The van der Waals surface area contributed by atoms with Gasteiger partial charge in [0.2, 0.25) is 0 Å². The van der Waals surface area contributed by atoms with E-state index in [2.05, 4.69) is 10.3 Å². The standard InChI is InChI=1S/C11H19N3O4/c1-8(6-17-2)5-14-10(7-18-3)9(12-13-14)4-11(15)16/h8H,4-7H2,1-3H3,(H,15,16). The van der Waals surface area contributed by atoms with Crippen molar-refractivity contribution in [2.45, 2.75) is 26.5 Å². The Kier molecular flexibility index (Phi) is 5.73. The van der Waals surface area contributed by atoms with Crippen LogP contribution < -0.4 is 0 Å². The van der Waals surface area contributed by atoms with Gasteiger partial charge in [-0.05, 0) is 5.92 Å². The van der Waals surface area contributed by atoms with Crippen LogP contribution in [0, 0.1) is 5.92 Å². The van der Waals surface area contributed by atoms with Crippen molar-refractivity contribution in [3.63, 3.8) is 0 Å². The molecular weight excluding hydrogens is 238 g/mol. The molecule has 1 atom stereocenters. The first-order chi connectivity index (χ1) is 8.58. The van der Waals surface area contributed by atoms with E-state index in [1.165, 1.54) is 0 Å². The molecule has 0 aliphatic carbocycles. The zero-order valence-corrected chi connectivity index (χ0v) is 10.9. The number of rotatable bonds is 8. The molecule has 1 N–H and O–H groups in total. The van der Waals surface area contributed by atoms with Crippen molar-refractivity contribution in [3.8, 4) is 0 Å². The number of hydrogen-bond acceptors (Lipinski definition) is 5. The van der Waals surface area contributed by atoms with E-state index in [-0.39, 0.29) is 12.3 Å². The van der Waals surface area contributed by atoms with Crippen LogP contribution in [0.25, 0.3) is 0 Å². The summed E-state index contributed by atoms with van der Waals surface area (Å²) in [7, 11) is 3.20. The van der Waals surface area contributed by atoms with E-state index in [1.54, 1.807) is 18.9 Å². The summed E-state index contributed by atoms with van der Waals surface area (Å²) in [6.45, 7) is 3.56. The van der Waals surface area contributed by atoms with Gasteiger partial charge in [-0.15, -0.1) is 5.10 Å². The zero-order valence-electron chi connectivity index (χ0n) is 10.9. The summed E-state index contributed by atoms with van der Waals surface area (Å²) in [5.74, 6) is -0.658. The van der Waals surface area contributed by atoms with Crippen molar-refractivity contribution in [3.05, 3.63) is 11.4 Å². The molecule has 0 aliphatic rings. The van der Waals surface area contributed by atoms with Crippen molar-refractivity contribution in [2.75, 3.05) is 20.8 Å². The molecule has 0 spiro atoms. The third-order valence-electron chi connectivity index (χ3n) is 2.45. The minimum absolute atomic E-state index is 0.142. The maximum absolute atomic E-state index is 10.7. The summed E-state index contributed by atoms with van der Waals surface area (Å²) in [6, 6.07) is 0. The normalized spacial score (nSPS) is 12.6. The van der Waals surface area contributed by atoms with Gasteiger partial charge in [0.15, 0.2) is 0 Å². The highest BCUT2D eigenvalue weighted by Crippen LogP contribution is 2.11. The molecule has 1 aromatic heterocycles. The summed E-state index contributed by atoms with van der Waals surface area (Å²) >= 11 is 0. The second-order valence-electron chi connectivity index (χ2n) is 4.23. The lowest BCUT2D eigenvalue weighted by atomic mass is 10.2. The summed E-state index contributed by atoms with van der Waals surface area (Å²) in [5, 5.41) is 16.7. The van der Waals surface area contributed by atoms with Crippen LogP contribution in [0.3, 0.4) is 0 Å². The van der Waals surface area contributed by atoms with E-state index in [0.29, 0.717) is 31.1 Å². The minimum Gasteiger partial charge on any atom is -0.481 e. The fourth-order valence-corrected chi connectivity index (χ4v) is 1.72. The highest BCUT2D eigenvalue weighted by molar-refractivity contribution is 5.69. The van der Waals surface area contributed by atoms with Crippen LogP contribution in [0.2, 0.25) is 0 Å². The highest BCUT2D eigenvalue weighted by atomic mass is 16.5. The molecule has 7 nitrogen and oxygen atoms in total. The van der Waals surface area contributed by atoms with Crippen molar-refractivity contribution >= 4 is 5.97 Å². The van der Waals surface area contributed by atoms with Crippen molar-refractivity contribution in [1.29, 1.82) is 0 Å². The van der Waals surface area contributed by atoms with Crippen LogP contribution in [0.15, 0.2) is 0 Å². The van der Waals surface area contributed by atoms with Crippen molar-refractivity contribution < 1.29 is 19.4 Å². The molecule has 1 heterocycles. The molecule has 0 radical (unpaired) electrons. The van der Waals surface area contributed by atoms with Crippen LogP contribution in [0.1, 0.15) is 18.3 Å². The fraction of sp³-hybridized carbons (Fsp3) is 0.727. The fourth-order valence-electron chi connectivity index (χ4n) is 1.72. The molecule has 0 aliphatic heterocycles. The number of hydrogen-bond donors (Lipinski definition) is 1. The van der Waals surface area contributed by atoms with E-state index in [9.17, 15) is 4.79 Å². The average molecular weight is 257 g/mol. The Bertz CT molecular complexity index is 392. The second-order valence-corrected chi connectivity index (χ2v) is 4.23. The molecule has 1 aromatic rings. The smallest absolute Gasteiger partial charge is 0.309 e. The van der Waals surface area contributed by atoms with E-state index in [0.717, 1.165) is 0 Å². The molecule has 102 valence electrons. The maximum atomic E-state index is 10.7. The average Bonchev–Trinajstić information content (AvgIpc) is 2.62. The van der Waals surface area contributed by atoms with Gasteiger partial charge < -0.3 is 14.6 Å². The van der Waals surface area contributed by atoms with E-state index in [1.807, 2.05) is 6.92 Å². The van der Waals surface area contributed by atoms with E-state index >= 15 is 0 Å². The van der Waals surface area contributed by atoms with Gasteiger partial charge in [-0.3, -0.25) is 4.79 Å². The Morgan fingerprint density at radius 2 is 2.17 bits per heavy atom. The highest BCUT2D eigenvalue weighted by Gasteiger charge is 2.16. The number of carboxylic acids is 1. The van der Waals surface area contributed by atoms with Crippen LogP contribution in [-0.2, 0) is 33.8 Å². The number of nitrogens with zero attached hydrogens (tertiary/aromatic N) is 3. The minimum atomic E-state index is -0.927. The lowest BCUT2D eigenvalue weighted by Gasteiger charge is -2.12. The number of carboxylic acid groups (broad SMARTS) is 1. The molecule has 0 aromatic carbocycles. The van der Waals surface area contributed by atoms with Gasteiger partial charge in [0.1, 0.15) is 0 Å². The quantitative estimate of drug-likeness (QED) is 0.722. The molecule has 18 heavy (non-hydrogen) atoms. The lowest BCUT2D eigenvalue weighted by molar-refractivity contribution is -0.136. The SMILES string of the molecule is COCc1c(CC(=O)O)nnn1CC(C)COC. The molecule has 0 saturated carbocycles. The molecule has 0 fully saturated rings. The third-order valence-corrected chi connectivity index (χ3v) is 2.45. The molecule has 0 saturated heterocycles. The lowest BCUT2D eigenvalue weighted by Crippen LogP contribution is -2.16. The summed E-state index contributed by atoms with van der Waals surface area (Å²) < 4.78 is 11.8. The van der Waals surface area contributed by atoms with Gasteiger partial charge in [0.25, 0.3) is 0 Å². The van der Waals surface area contributed by atoms with Crippen molar-refractivity contribution in [1.82, 2.24) is 15.0 Å². The zero-order chi connectivity index (χ0) is 13.5. The Morgan fingerprint density at radius 3 is 2.72 bits per heavy atom. The molecular formula is C11H19N3O4. The number of aromatic nitrogens is 3. The van der Waals surface area contributed by atoms with Gasteiger partial charge in [0.05, 0.1) is 31.0 Å². The largest absolute Gasteiger partial charge is 0.481 e. The van der Waals surface area contributed by atoms with Gasteiger partial charge in [-0.2, -0.15) is 0 Å². The van der Waals surface area contributed by atoms with E-state index < -0.39 is 5.97 Å². The Hall–Kier alpha value is -1.47. The monoisotopic (exact) mass is 257 g/mol. The molecule has 0 bridgehead atoms. The second kappa shape index (κ2) is 7.07. The number of aliphatic carboxylic acids is 1. The van der Waals surface area contributed by atoms with Gasteiger partial charge in [-0.25, -0.2) is 4.68 Å². The van der Waals surface area contributed by atoms with Crippen LogP contribution in [0.4, 0.5) is 0 Å². The molecule has 0 amide bonds. The van der Waals surface area contributed by atoms with Gasteiger partial charge in [-0.1, -0.05) is 12.1 Å².